The van der Waals surface area contributed by atoms with Crippen LogP contribution in [0.4, 0.5) is 5.82 Å². The normalized spacial score (nSPS) is 26.8. The molecule has 2 aliphatic heterocycles. The van der Waals surface area contributed by atoms with E-state index in [2.05, 4.69) is 14.9 Å². The van der Waals surface area contributed by atoms with Crippen molar-refractivity contribution >= 4 is 11.8 Å². The second-order valence-corrected chi connectivity index (χ2v) is 5.39. The minimum atomic E-state index is -1.04. The molecular weight excluding hydrogens is 246 g/mol. The molecule has 19 heavy (non-hydrogen) atoms. The summed E-state index contributed by atoms with van der Waals surface area (Å²) in [6.07, 6.45) is 6.29. The summed E-state index contributed by atoms with van der Waals surface area (Å²) in [6.45, 7) is 3.54. The van der Waals surface area contributed by atoms with Crippen LogP contribution >= 0.6 is 0 Å². The molecule has 1 aromatic rings. The molecule has 2 saturated heterocycles. The molecule has 1 aromatic heterocycles. The van der Waals surface area contributed by atoms with Crippen molar-refractivity contribution in [2.75, 3.05) is 31.2 Å². The monoisotopic (exact) mass is 263 g/mol. The number of piperidine rings is 1. The SMILES string of the molecule is O=C(O)c1cnc(N2CCCC3(CCOC3)C2)cn1. The maximum absolute atomic E-state index is 10.8. The van der Waals surface area contributed by atoms with Gasteiger partial charge in [-0.15, -0.1) is 0 Å². The summed E-state index contributed by atoms with van der Waals surface area (Å²) in [5.74, 6) is -0.283. The van der Waals surface area contributed by atoms with Crippen LogP contribution in [0, 0.1) is 5.41 Å². The third kappa shape index (κ3) is 2.40. The quantitative estimate of drug-likeness (QED) is 0.863. The summed E-state index contributed by atoms with van der Waals surface area (Å²) in [6, 6.07) is 0. The van der Waals surface area contributed by atoms with Crippen molar-refractivity contribution in [1.82, 2.24) is 9.97 Å². The lowest BCUT2D eigenvalue weighted by atomic mass is 9.79. The lowest BCUT2D eigenvalue weighted by molar-refractivity contribution is 0.0690. The fourth-order valence-electron chi connectivity index (χ4n) is 2.97. The number of carboxylic acid groups (broad SMARTS) is 1. The molecule has 2 fully saturated rings. The Morgan fingerprint density at radius 2 is 2.26 bits per heavy atom. The number of aromatic nitrogens is 2. The van der Waals surface area contributed by atoms with Crippen LogP contribution in [0.25, 0.3) is 0 Å². The Hall–Kier alpha value is -1.69. The molecule has 0 radical (unpaired) electrons. The van der Waals surface area contributed by atoms with Gasteiger partial charge in [0.15, 0.2) is 5.69 Å². The van der Waals surface area contributed by atoms with Gasteiger partial charge in [0.25, 0.3) is 0 Å². The number of hydrogen-bond acceptors (Lipinski definition) is 5. The van der Waals surface area contributed by atoms with Crippen LogP contribution in [0.3, 0.4) is 0 Å². The lowest BCUT2D eigenvalue weighted by Gasteiger charge is -2.39. The Labute approximate surface area is 111 Å². The molecule has 1 unspecified atom stereocenters. The van der Waals surface area contributed by atoms with Gasteiger partial charge in [-0.2, -0.15) is 0 Å². The fraction of sp³-hybridized carbons (Fsp3) is 0.615. The van der Waals surface area contributed by atoms with E-state index in [4.69, 9.17) is 9.84 Å². The van der Waals surface area contributed by atoms with Crippen molar-refractivity contribution in [3.8, 4) is 0 Å². The topological polar surface area (TPSA) is 75.5 Å². The van der Waals surface area contributed by atoms with Crippen LogP contribution < -0.4 is 4.90 Å². The zero-order chi connectivity index (χ0) is 13.3. The van der Waals surface area contributed by atoms with Gasteiger partial charge in [0.1, 0.15) is 5.82 Å². The van der Waals surface area contributed by atoms with Crippen molar-refractivity contribution in [3.05, 3.63) is 18.1 Å². The van der Waals surface area contributed by atoms with Gasteiger partial charge in [0.05, 0.1) is 19.0 Å². The summed E-state index contributed by atoms with van der Waals surface area (Å²) in [5.41, 5.74) is 0.241. The lowest BCUT2D eigenvalue weighted by Crippen LogP contribution is -2.44. The number of anilines is 1. The number of carboxylic acids is 1. The highest BCUT2D eigenvalue weighted by Gasteiger charge is 2.39. The maximum atomic E-state index is 10.8. The molecule has 3 rings (SSSR count). The first-order valence-electron chi connectivity index (χ1n) is 6.57. The summed E-state index contributed by atoms with van der Waals surface area (Å²) in [4.78, 5) is 21.1. The van der Waals surface area contributed by atoms with Gasteiger partial charge in [-0.25, -0.2) is 14.8 Å². The van der Waals surface area contributed by atoms with Crippen molar-refractivity contribution in [2.45, 2.75) is 19.3 Å². The molecule has 0 saturated carbocycles. The Balaban J connectivity index is 1.76. The highest BCUT2D eigenvalue weighted by Crippen LogP contribution is 2.38. The molecule has 3 heterocycles. The Morgan fingerprint density at radius 1 is 1.37 bits per heavy atom. The van der Waals surface area contributed by atoms with Gasteiger partial charge in [-0.3, -0.25) is 0 Å². The standard InChI is InChI=1S/C13H17N3O3/c17-12(18)10-6-15-11(7-14-10)16-4-1-2-13(8-16)3-5-19-9-13/h6-7H,1-5,8-9H2,(H,17,18). The van der Waals surface area contributed by atoms with Crippen molar-refractivity contribution in [3.63, 3.8) is 0 Å². The summed E-state index contributed by atoms with van der Waals surface area (Å²) in [5, 5.41) is 8.82. The van der Waals surface area contributed by atoms with Gasteiger partial charge in [-0.1, -0.05) is 0 Å². The predicted octanol–water partition coefficient (Wildman–Crippen LogP) is 1.18. The Bertz CT molecular complexity index is 469. The summed E-state index contributed by atoms with van der Waals surface area (Å²) >= 11 is 0. The van der Waals surface area contributed by atoms with Gasteiger partial charge in [0.2, 0.25) is 0 Å². The molecule has 0 aromatic carbocycles. The minimum Gasteiger partial charge on any atom is -0.476 e. The zero-order valence-electron chi connectivity index (χ0n) is 10.7. The van der Waals surface area contributed by atoms with E-state index in [9.17, 15) is 4.79 Å². The molecule has 1 spiro atoms. The minimum absolute atomic E-state index is 0.0142. The van der Waals surface area contributed by atoms with E-state index in [0.717, 1.165) is 45.0 Å². The van der Waals surface area contributed by atoms with Crippen LogP contribution in [0.15, 0.2) is 12.4 Å². The molecule has 0 aliphatic carbocycles. The second kappa shape index (κ2) is 4.77. The molecule has 1 N–H and O–H groups in total. The average Bonchev–Trinajstić information content (AvgIpc) is 2.87. The van der Waals surface area contributed by atoms with Crippen LogP contribution in [0.1, 0.15) is 29.8 Å². The van der Waals surface area contributed by atoms with Gasteiger partial charge in [0, 0.05) is 25.1 Å². The first kappa shape index (κ1) is 12.3. The molecule has 0 amide bonds. The molecule has 0 bridgehead atoms. The first-order valence-corrected chi connectivity index (χ1v) is 6.57. The molecule has 1 atom stereocenters. The maximum Gasteiger partial charge on any atom is 0.356 e. The smallest absolute Gasteiger partial charge is 0.356 e. The van der Waals surface area contributed by atoms with Crippen LogP contribution in [-0.4, -0.2) is 47.3 Å². The van der Waals surface area contributed by atoms with E-state index < -0.39 is 5.97 Å². The Kier molecular flexibility index (Phi) is 3.10. The first-order chi connectivity index (χ1) is 9.19. The predicted molar refractivity (Wildman–Crippen MR) is 68.3 cm³/mol. The fourth-order valence-corrected chi connectivity index (χ4v) is 2.97. The zero-order valence-corrected chi connectivity index (χ0v) is 10.7. The summed E-state index contributed by atoms with van der Waals surface area (Å²) in [7, 11) is 0. The van der Waals surface area contributed by atoms with E-state index in [1.165, 1.54) is 12.6 Å². The van der Waals surface area contributed by atoms with E-state index in [-0.39, 0.29) is 11.1 Å². The molecule has 102 valence electrons. The van der Waals surface area contributed by atoms with Gasteiger partial charge < -0.3 is 14.7 Å². The van der Waals surface area contributed by atoms with E-state index >= 15 is 0 Å². The number of ether oxygens (including phenoxy) is 1. The number of nitrogens with zero attached hydrogens (tertiary/aromatic N) is 3. The van der Waals surface area contributed by atoms with E-state index in [1.54, 1.807) is 6.20 Å². The van der Waals surface area contributed by atoms with Gasteiger partial charge in [-0.05, 0) is 19.3 Å². The molecule has 2 aliphatic rings. The Morgan fingerprint density at radius 3 is 2.89 bits per heavy atom. The highest BCUT2D eigenvalue weighted by molar-refractivity contribution is 5.84. The molecule has 6 heteroatoms. The summed E-state index contributed by atoms with van der Waals surface area (Å²) < 4.78 is 5.53. The number of hydrogen-bond donors (Lipinski definition) is 1. The van der Waals surface area contributed by atoms with Crippen LogP contribution in [0.2, 0.25) is 0 Å². The largest absolute Gasteiger partial charge is 0.476 e. The van der Waals surface area contributed by atoms with E-state index in [1.807, 2.05) is 0 Å². The second-order valence-electron chi connectivity index (χ2n) is 5.39. The molecular formula is C13H17N3O3. The van der Waals surface area contributed by atoms with Crippen molar-refractivity contribution < 1.29 is 14.6 Å². The third-order valence-electron chi connectivity index (χ3n) is 4.03. The van der Waals surface area contributed by atoms with Crippen LogP contribution in [-0.2, 0) is 4.74 Å². The van der Waals surface area contributed by atoms with E-state index in [0.29, 0.717) is 0 Å². The van der Waals surface area contributed by atoms with Crippen LogP contribution in [0.5, 0.6) is 0 Å². The van der Waals surface area contributed by atoms with Gasteiger partial charge >= 0.3 is 5.97 Å². The highest BCUT2D eigenvalue weighted by atomic mass is 16.5. The average molecular weight is 263 g/mol. The third-order valence-corrected chi connectivity index (χ3v) is 4.03. The number of carbonyl (C=O) groups is 1. The number of rotatable bonds is 2. The van der Waals surface area contributed by atoms with Crippen molar-refractivity contribution in [1.29, 1.82) is 0 Å². The number of aromatic carboxylic acids is 1. The van der Waals surface area contributed by atoms with Crippen molar-refractivity contribution in [2.24, 2.45) is 5.41 Å². The molecule has 6 nitrogen and oxygen atoms in total.